The van der Waals surface area contributed by atoms with Crippen LogP contribution in [0.1, 0.15) is 10.4 Å². The molecule has 3 N–H and O–H groups in total. The fraction of sp³-hybridized carbons (Fsp3) is 0.214. The first kappa shape index (κ1) is 17.3. The lowest BCUT2D eigenvalue weighted by Gasteiger charge is -2.07. The predicted octanol–water partition coefficient (Wildman–Crippen LogP) is 0.909. The zero-order chi connectivity index (χ0) is 16.7. The molecule has 0 saturated carbocycles. The van der Waals surface area contributed by atoms with Gasteiger partial charge in [-0.2, -0.15) is 14.0 Å². The number of esters is 1. The molecule has 0 spiro atoms. The molecule has 1 aromatic rings. The normalized spacial score (nSPS) is 11.4. The number of benzene rings is 1. The maximum atomic E-state index is 12.0. The molecular weight excluding hydrogens is 298 g/mol. The lowest BCUT2D eigenvalue weighted by Crippen LogP contribution is -2.51. The highest BCUT2D eigenvalue weighted by Gasteiger charge is 2.23. The molecule has 0 aliphatic heterocycles. The van der Waals surface area contributed by atoms with Crippen LogP contribution in [0.5, 0.6) is 5.75 Å². The molecule has 22 heavy (non-hydrogen) atoms. The summed E-state index contributed by atoms with van der Waals surface area (Å²) in [5.41, 5.74) is 3.56. The number of carbonyl (C=O) groups is 2. The zero-order valence-electron chi connectivity index (χ0n) is 11.4. The molecule has 8 heteroatoms. The average molecular weight is 311 g/mol. The number of nitrogens with zero attached hydrogens (tertiary/aromatic N) is 1. The Bertz CT molecular complexity index is 608. The number of hydrogen-bond acceptors (Lipinski definition) is 5. The van der Waals surface area contributed by atoms with Crippen LogP contribution in [0.3, 0.4) is 0 Å². The van der Waals surface area contributed by atoms with E-state index in [0.29, 0.717) is 0 Å². The maximum absolute atomic E-state index is 12.0. The molecule has 0 bridgehead atoms. The zero-order valence-corrected chi connectivity index (χ0v) is 11.4. The van der Waals surface area contributed by atoms with Crippen molar-refractivity contribution in [3.63, 3.8) is 0 Å². The number of allylic oxidation sites excluding steroid dienone is 1. The molecule has 0 unspecified atom stereocenters. The first-order valence-electron chi connectivity index (χ1n) is 6.00. The van der Waals surface area contributed by atoms with Gasteiger partial charge < -0.3 is 15.2 Å². The standard InChI is InChI=1S/C14H12F2N2O4/c1-8(18)11(6-17)12(19)7-21-13(20)9-2-4-10(5-3-9)22-14(15)16/h2-5,11,14H,1,7,18H2/p+1/t11-/m1/s1. The summed E-state index contributed by atoms with van der Waals surface area (Å²) in [6.07, 6.45) is 0. The smallest absolute Gasteiger partial charge is 0.387 e. The summed E-state index contributed by atoms with van der Waals surface area (Å²) in [4.78, 5) is 23.3. The van der Waals surface area contributed by atoms with Crippen molar-refractivity contribution in [2.45, 2.75) is 6.61 Å². The number of alkyl halides is 2. The SMILES string of the molecule is C=C([NH3+])[C@@H](C#N)C(=O)COC(=O)c1ccc(OC(F)F)cc1. The molecule has 0 aliphatic carbocycles. The minimum absolute atomic E-state index is 0.0522. The van der Waals surface area contributed by atoms with E-state index < -0.39 is 30.9 Å². The lowest BCUT2D eigenvalue weighted by molar-refractivity contribution is -0.309. The predicted molar refractivity (Wildman–Crippen MR) is 69.5 cm³/mol. The highest BCUT2D eigenvalue weighted by Crippen LogP contribution is 2.15. The van der Waals surface area contributed by atoms with E-state index in [4.69, 9.17) is 10.00 Å². The Morgan fingerprint density at radius 3 is 2.36 bits per heavy atom. The van der Waals surface area contributed by atoms with Gasteiger partial charge in [0, 0.05) is 0 Å². The number of Topliss-reactive ketones (excluding diaryl/α,β-unsaturated/α-hetero) is 1. The third kappa shape index (κ3) is 4.96. The van der Waals surface area contributed by atoms with Crippen molar-refractivity contribution in [3.05, 3.63) is 42.1 Å². The van der Waals surface area contributed by atoms with Crippen LogP contribution in [-0.4, -0.2) is 25.0 Å². The van der Waals surface area contributed by atoms with Crippen LogP contribution in [0.4, 0.5) is 8.78 Å². The van der Waals surface area contributed by atoms with Gasteiger partial charge in [-0.25, -0.2) is 4.79 Å². The summed E-state index contributed by atoms with van der Waals surface area (Å²) in [6, 6.07) is 6.46. The quantitative estimate of drug-likeness (QED) is 0.754. The third-order valence-corrected chi connectivity index (χ3v) is 2.52. The highest BCUT2D eigenvalue weighted by atomic mass is 19.3. The van der Waals surface area contributed by atoms with Crippen LogP contribution >= 0.6 is 0 Å². The van der Waals surface area contributed by atoms with E-state index in [-0.39, 0.29) is 17.0 Å². The Kier molecular flexibility index (Phi) is 6.16. The van der Waals surface area contributed by atoms with Gasteiger partial charge in [0.1, 0.15) is 11.4 Å². The van der Waals surface area contributed by atoms with Crippen LogP contribution in [0.25, 0.3) is 0 Å². The average Bonchev–Trinajstić information content (AvgIpc) is 2.45. The van der Waals surface area contributed by atoms with Gasteiger partial charge in [0.2, 0.25) is 0 Å². The monoisotopic (exact) mass is 311 g/mol. The molecule has 1 atom stereocenters. The van der Waals surface area contributed by atoms with Gasteiger partial charge in [-0.05, 0) is 30.8 Å². The van der Waals surface area contributed by atoms with Crippen LogP contribution < -0.4 is 10.5 Å². The van der Waals surface area contributed by atoms with Crippen molar-refractivity contribution in [1.82, 2.24) is 0 Å². The molecular formula is C14H13F2N2O4+. The second-order valence-electron chi connectivity index (χ2n) is 4.17. The Morgan fingerprint density at radius 2 is 1.91 bits per heavy atom. The van der Waals surface area contributed by atoms with Crippen LogP contribution in [0.2, 0.25) is 0 Å². The minimum atomic E-state index is -2.96. The molecule has 0 aliphatic rings. The van der Waals surface area contributed by atoms with Gasteiger partial charge >= 0.3 is 12.6 Å². The van der Waals surface area contributed by atoms with E-state index in [1.54, 1.807) is 6.07 Å². The van der Waals surface area contributed by atoms with Crippen molar-refractivity contribution in [3.8, 4) is 11.8 Å². The van der Waals surface area contributed by atoms with E-state index in [0.717, 1.165) is 0 Å². The minimum Gasteiger partial charge on any atom is -0.454 e. The summed E-state index contributed by atoms with van der Waals surface area (Å²) < 4.78 is 32.8. The molecule has 1 aromatic carbocycles. The number of quaternary nitrogens is 1. The maximum Gasteiger partial charge on any atom is 0.387 e. The van der Waals surface area contributed by atoms with E-state index in [1.807, 2.05) is 0 Å². The number of halogens is 2. The first-order valence-corrected chi connectivity index (χ1v) is 6.00. The van der Waals surface area contributed by atoms with Crippen LogP contribution in [0.15, 0.2) is 36.5 Å². The number of hydrogen-bond donors (Lipinski definition) is 1. The van der Waals surface area contributed by atoms with E-state index in [9.17, 15) is 18.4 Å². The molecule has 0 radical (unpaired) electrons. The summed E-state index contributed by atoms with van der Waals surface area (Å²) >= 11 is 0. The number of nitriles is 1. The Balaban J connectivity index is 2.61. The van der Waals surface area contributed by atoms with Gasteiger partial charge in [-0.15, -0.1) is 0 Å². The molecule has 0 fully saturated rings. The molecule has 6 nitrogen and oxygen atoms in total. The topological polar surface area (TPSA) is 104 Å². The van der Waals surface area contributed by atoms with Gasteiger partial charge in [0.15, 0.2) is 18.3 Å². The van der Waals surface area contributed by atoms with Crippen molar-refractivity contribution >= 4 is 11.8 Å². The third-order valence-electron chi connectivity index (χ3n) is 2.52. The van der Waals surface area contributed by atoms with Crippen molar-refractivity contribution in [2.75, 3.05) is 6.61 Å². The largest absolute Gasteiger partial charge is 0.454 e. The van der Waals surface area contributed by atoms with Gasteiger partial charge in [-0.1, -0.05) is 0 Å². The van der Waals surface area contributed by atoms with Gasteiger partial charge in [-0.3, -0.25) is 4.79 Å². The van der Waals surface area contributed by atoms with Gasteiger partial charge in [0.05, 0.1) is 11.6 Å². The van der Waals surface area contributed by atoms with Crippen molar-refractivity contribution in [2.24, 2.45) is 5.92 Å². The fourth-order valence-electron chi connectivity index (χ4n) is 1.47. The molecule has 0 saturated heterocycles. The molecule has 1 rings (SSSR count). The second kappa shape index (κ2) is 7.85. The van der Waals surface area contributed by atoms with E-state index >= 15 is 0 Å². The molecule has 0 amide bonds. The van der Waals surface area contributed by atoms with Gasteiger partial charge in [0.25, 0.3) is 0 Å². The van der Waals surface area contributed by atoms with Crippen LogP contribution in [-0.2, 0) is 9.53 Å². The van der Waals surface area contributed by atoms with Crippen molar-refractivity contribution in [1.29, 1.82) is 5.26 Å². The molecule has 116 valence electrons. The Hall–Kier alpha value is -2.79. The Labute approximate surface area is 124 Å². The lowest BCUT2D eigenvalue weighted by atomic mass is 10.0. The van der Waals surface area contributed by atoms with Crippen LogP contribution in [0, 0.1) is 17.2 Å². The molecule has 0 aromatic heterocycles. The number of ether oxygens (including phenoxy) is 2. The Morgan fingerprint density at radius 1 is 1.32 bits per heavy atom. The summed E-state index contributed by atoms with van der Waals surface area (Å²) in [6.45, 7) is -0.178. The first-order chi connectivity index (χ1) is 10.3. The van der Waals surface area contributed by atoms with E-state index in [1.165, 1.54) is 24.3 Å². The van der Waals surface area contributed by atoms with Crippen molar-refractivity contribution < 1.29 is 33.6 Å². The second-order valence-corrected chi connectivity index (χ2v) is 4.17. The fourth-order valence-corrected chi connectivity index (χ4v) is 1.47. The highest BCUT2D eigenvalue weighted by molar-refractivity contribution is 5.93. The summed E-state index contributed by atoms with van der Waals surface area (Å²) in [7, 11) is 0. The number of rotatable bonds is 7. The van der Waals surface area contributed by atoms with E-state index in [2.05, 4.69) is 17.0 Å². The summed E-state index contributed by atoms with van der Waals surface area (Å²) in [5, 5.41) is 8.76. The summed E-state index contributed by atoms with van der Waals surface area (Å²) in [5.74, 6) is -2.73. The molecule has 0 heterocycles. The number of carbonyl (C=O) groups excluding carboxylic acids is 2. The number of ketones is 1.